The molecule has 0 atom stereocenters. The van der Waals surface area contributed by atoms with Gasteiger partial charge in [0.15, 0.2) is 0 Å². The van der Waals surface area contributed by atoms with Crippen molar-refractivity contribution in [1.29, 1.82) is 0 Å². The number of aryl methyl sites for hydroxylation is 1. The second-order valence-electron chi connectivity index (χ2n) is 4.72. The summed E-state index contributed by atoms with van der Waals surface area (Å²) in [4.78, 5) is 11.2. The van der Waals surface area contributed by atoms with E-state index in [1.54, 1.807) is 0 Å². The van der Waals surface area contributed by atoms with Crippen LogP contribution in [0, 0.1) is 6.92 Å². The monoisotopic (exact) mass is 380 g/mol. The third-order valence-electron chi connectivity index (χ3n) is 2.94. The smallest absolute Gasteiger partial charge is 0.412 e. The number of carbonyl (C=O) groups excluding carboxylic acids is 1. The molecule has 5 nitrogen and oxygen atoms in total. The molecule has 0 heterocycles. The molecule has 108 valence electrons. The highest BCUT2D eigenvalue weighted by Gasteiger charge is 2.20. The van der Waals surface area contributed by atoms with Crippen LogP contribution in [-0.2, 0) is 0 Å². The van der Waals surface area contributed by atoms with Crippen molar-refractivity contribution in [2.45, 2.75) is 6.92 Å². The van der Waals surface area contributed by atoms with Crippen LogP contribution in [0.15, 0.2) is 18.2 Å². The van der Waals surface area contributed by atoms with E-state index in [0.717, 1.165) is 11.3 Å². The van der Waals surface area contributed by atoms with Crippen molar-refractivity contribution in [2.75, 3.05) is 34.3 Å². The number of aliphatic hydroxyl groups excluding tert-OH is 1. The molecule has 1 aromatic carbocycles. The molecule has 0 saturated heterocycles. The van der Waals surface area contributed by atoms with Crippen molar-refractivity contribution in [3.8, 4) is 5.75 Å². The highest BCUT2D eigenvalue weighted by atomic mass is 127. The summed E-state index contributed by atoms with van der Waals surface area (Å²) in [5.41, 5.74) is 1.87. The van der Waals surface area contributed by atoms with E-state index in [1.165, 1.54) is 7.05 Å². The van der Waals surface area contributed by atoms with Crippen molar-refractivity contribution in [1.82, 2.24) is 9.80 Å². The largest absolute Gasteiger partial charge is 1.00 e. The molecule has 0 bridgehead atoms. The van der Waals surface area contributed by atoms with E-state index in [9.17, 15) is 4.79 Å². The van der Waals surface area contributed by atoms with Crippen molar-refractivity contribution in [3.63, 3.8) is 0 Å². The van der Waals surface area contributed by atoms with Crippen LogP contribution < -0.4 is 38.5 Å². The maximum Gasteiger partial charge on any atom is 0.412 e. The summed E-state index contributed by atoms with van der Waals surface area (Å²) in [7, 11) is 5.50. The van der Waals surface area contributed by atoms with E-state index in [4.69, 9.17) is 9.84 Å². The quantitative estimate of drug-likeness (QED) is 0.483. The number of ether oxygens (including phenoxy) is 1. The molecule has 19 heavy (non-hydrogen) atoms. The number of amides is 1. The average molecular weight is 380 g/mol. The normalized spacial score (nSPS) is 10.6. The maximum absolute atomic E-state index is 11.2. The second kappa shape index (κ2) is 7.66. The van der Waals surface area contributed by atoms with Gasteiger partial charge in [-0.1, -0.05) is 0 Å². The van der Waals surface area contributed by atoms with Gasteiger partial charge in [0, 0.05) is 13.1 Å². The number of likely N-dealkylation sites (N-methyl/N-ethyl adjacent to an activating group) is 1. The Kier molecular flexibility index (Phi) is 7.32. The number of nitrogens with zero attached hydrogens (tertiary/aromatic N) is 1. The van der Waals surface area contributed by atoms with Crippen molar-refractivity contribution < 1.29 is 38.6 Å². The molecule has 0 aromatic heterocycles. The van der Waals surface area contributed by atoms with Gasteiger partial charge in [0.05, 0.1) is 20.7 Å². The molecule has 0 fully saturated rings. The Morgan fingerprint density at radius 3 is 2.58 bits per heavy atom. The lowest BCUT2D eigenvalue weighted by Gasteiger charge is -2.28. The molecule has 1 aromatic rings. The van der Waals surface area contributed by atoms with Crippen LogP contribution in [0.1, 0.15) is 5.56 Å². The standard InChI is InChI=1S/C13H20N2O3.HI/c1-10-5-6-11(15(3,4)7-8-16)9-12(10)18-13(17)14-2;/h5-6,9,16H,7-8H2,1-4H3;1H. The first-order valence-electron chi connectivity index (χ1n) is 5.85. The first-order chi connectivity index (χ1) is 8.40. The van der Waals surface area contributed by atoms with E-state index < -0.39 is 6.09 Å². The van der Waals surface area contributed by atoms with Gasteiger partial charge in [-0.2, -0.15) is 0 Å². The topological polar surface area (TPSA) is 58.6 Å². The van der Waals surface area contributed by atoms with Crippen molar-refractivity contribution in [2.24, 2.45) is 0 Å². The Balaban J connectivity index is 0.00000324. The fraction of sp³-hybridized carbons (Fsp3) is 0.462. The Hall–Kier alpha value is -0.860. The first-order valence-corrected chi connectivity index (χ1v) is 5.85. The van der Waals surface area contributed by atoms with E-state index in [2.05, 4.69) is 5.32 Å². The lowest BCUT2D eigenvalue weighted by Crippen LogP contribution is -3.00. The molecule has 1 rings (SSSR count). The number of quaternary nitrogens is 1. The number of hydrogen-bond donors (Lipinski definition) is 2. The van der Waals surface area contributed by atoms with Crippen molar-refractivity contribution in [3.05, 3.63) is 23.8 Å². The highest BCUT2D eigenvalue weighted by molar-refractivity contribution is 5.71. The van der Waals surface area contributed by atoms with Crippen LogP contribution in [0.4, 0.5) is 10.5 Å². The molecule has 0 aliphatic rings. The minimum Gasteiger partial charge on any atom is -1.00 e. The zero-order chi connectivity index (χ0) is 13.8. The molecule has 0 aliphatic heterocycles. The lowest BCUT2D eigenvalue weighted by molar-refractivity contribution is -0.0000102. The molecule has 0 spiro atoms. The Labute approximate surface area is 131 Å². The molecule has 6 heteroatoms. The molecule has 0 unspecified atom stereocenters. The summed E-state index contributed by atoms with van der Waals surface area (Å²) in [5, 5.41) is 11.5. The fourth-order valence-corrected chi connectivity index (χ4v) is 1.61. The lowest BCUT2D eigenvalue weighted by atomic mass is 10.1. The van der Waals surface area contributed by atoms with Crippen LogP contribution in [0.2, 0.25) is 0 Å². The van der Waals surface area contributed by atoms with Crippen LogP contribution in [0.25, 0.3) is 0 Å². The van der Waals surface area contributed by atoms with Crippen LogP contribution >= 0.6 is 0 Å². The first kappa shape index (κ1) is 18.1. The van der Waals surface area contributed by atoms with Gasteiger partial charge in [0.25, 0.3) is 0 Å². The van der Waals surface area contributed by atoms with E-state index in [1.807, 2.05) is 39.2 Å². The van der Waals surface area contributed by atoms with Gasteiger partial charge < -0.3 is 39.1 Å². The van der Waals surface area contributed by atoms with Crippen LogP contribution in [-0.4, -0.2) is 45.5 Å². The van der Waals surface area contributed by atoms with Gasteiger partial charge in [0.2, 0.25) is 0 Å². The summed E-state index contributed by atoms with van der Waals surface area (Å²) in [5.74, 6) is 0.538. The molecular formula is C13H21IN2O3. The third-order valence-corrected chi connectivity index (χ3v) is 2.94. The molecule has 0 aliphatic carbocycles. The summed E-state index contributed by atoms with van der Waals surface area (Å²) in [6, 6.07) is 5.72. The number of rotatable bonds is 4. The Bertz CT molecular complexity index is 436. The van der Waals surface area contributed by atoms with Gasteiger partial charge in [0.1, 0.15) is 18.0 Å². The predicted octanol–water partition coefficient (Wildman–Crippen LogP) is -1.72. The number of aliphatic hydroxyl groups is 1. The Morgan fingerprint density at radius 1 is 1.42 bits per heavy atom. The predicted molar refractivity (Wildman–Crippen MR) is 71.9 cm³/mol. The molecule has 2 N–H and O–H groups in total. The SMILES string of the molecule is CNC(=O)Oc1cc([N+](C)(C)CCO)ccc1C.[I-]. The van der Waals surface area contributed by atoms with Crippen molar-refractivity contribution >= 4 is 11.8 Å². The maximum atomic E-state index is 11.2. The summed E-state index contributed by atoms with van der Waals surface area (Å²) < 4.78 is 5.71. The van der Waals surface area contributed by atoms with E-state index in [0.29, 0.717) is 16.8 Å². The van der Waals surface area contributed by atoms with Gasteiger partial charge in [-0.05, 0) is 24.6 Å². The number of carbonyl (C=O) groups is 1. The third kappa shape index (κ3) is 4.96. The minimum absolute atomic E-state index is 0. The summed E-state index contributed by atoms with van der Waals surface area (Å²) in [6.07, 6.45) is -0.484. The van der Waals surface area contributed by atoms with Gasteiger partial charge in [-0.3, -0.25) is 4.48 Å². The van der Waals surface area contributed by atoms with E-state index in [-0.39, 0.29) is 30.6 Å². The number of halogens is 1. The zero-order valence-electron chi connectivity index (χ0n) is 11.7. The molecular weight excluding hydrogens is 359 g/mol. The summed E-state index contributed by atoms with van der Waals surface area (Å²) >= 11 is 0. The molecule has 0 saturated carbocycles. The fourth-order valence-electron chi connectivity index (χ4n) is 1.61. The zero-order valence-corrected chi connectivity index (χ0v) is 13.9. The van der Waals surface area contributed by atoms with Gasteiger partial charge in [-0.15, -0.1) is 0 Å². The molecule has 0 radical (unpaired) electrons. The molecule has 1 amide bonds. The summed E-state index contributed by atoms with van der Waals surface area (Å²) in [6.45, 7) is 2.59. The number of hydrogen-bond acceptors (Lipinski definition) is 3. The Morgan fingerprint density at radius 2 is 2.05 bits per heavy atom. The minimum atomic E-state index is -0.484. The van der Waals surface area contributed by atoms with Gasteiger partial charge in [-0.25, -0.2) is 4.79 Å². The number of nitrogens with one attached hydrogen (secondary N) is 1. The number of benzene rings is 1. The highest BCUT2D eigenvalue weighted by Crippen LogP contribution is 2.27. The van der Waals surface area contributed by atoms with Crippen LogP contribution in [0.5, 0.6) is 5.75 Å². The second-order valence-corrected chi connectivity index (χ2v) is 4.72. The average Bonchev–Trinajstić information content (AvgIpc) is 2.31. The van der Waals surface area contributed by atoms with Crippen LogP contribution in [0.3, 0.4) is 0 Å². The van der Waals surface area contributed by atoms with E-state index >= 15 is 0 Å². The van der Waals surface area contributed by atoms with Gasteiger partial charge >= 0.3 is 6.09 Å².